The Hall–Kier alpha value is -5.80. The van der Waals surface area contributed by atoms with Crippen LogP contribution in [0.3, 0.4) is 0 Å². The lowest BCUT2D eigenvalue weighted by Crippen LogP contribution is -2.25. The Morgan fingerprint density at radius 3 is 0.932 bits per heavy atom. The van der Waals surface area contributed by atoms with Crippen molar-refractivity contribution in [2.75, 3.05) is 0 Å². The molecule has 16 heteroatoms. The Labute approximate surface area is 248 Å². The number of carbonyl (C=O) groups is 8. The third-order valence-electron chi connectivity index (χ3n) is 5.71. The molecule has 0 unspecified atom stereocenters. The molecule has 0 aromatic heterocycles. The minimum Gasteiger partial charge on any atom is -0.481 e. The van der Waals surface area contributed by atoms with Gasteiger partial charge in [-0.15, -0.1) is 0 Å². The van der Waals surface area contributed by atoms with Crippen LogP contribution in [-0.4, -0.2) is 88.6 Å². The third-order valence-corrected chi connectivity index (χ3v) is 5.71. The van der Waals surface area contributed by atoms with Gasteiger partial charge in [-0.05, 0) is 68.1 Å². The molecule has 1 aliphatic carbocycles. The predicted molar refractivity (Wildman–Crippen MR) is 146 cm³/mol. The molecule has 1 saturated carbocycles. The van der Waals surface area contributed by atoms with Crippen LogP contribution < -0.4 is 0 Å². The van der Waals surface area contributed by atoms with Crippen molar-refractivity contribution in [1.29, 1.82) is 0 Å². The van der Waals surface area contributed by atoms with Gasteiger partial charge in [0.25, 0.3) is 0 Å². The van der Waals surface area contributed by atoms with Crippen molar-refractivity contribution >= 4 is 47.8 Å². The van der Waals surface area contributed by atoms with Gasteiger partial charge in [-0.1, -0.05) is 6.07 Å². The average Bonchev–Trinajstić information content (AvgIpc) is 2.97. The lowest BCUT2D eigenvalue weighted by molar-refractivity contribution is -0.148. The first-order chi connectivity index (χ1) is 20.5. The molecule has 0 bridgehead atoms. The van der Waals surface area contributed by atoms with E-state index >= 15 is 0 Å². The van der Waals surface area contributed by atoms with Crippen molar-refractivity contribution in [3.05, 3.63) is 70.8 Å². The first-order valence-electron chi connectivity index (χ1n) is 12.5. The molecular weight excluding hydrogens is 592 g/mol. The summed E-state index contributed by atoms with van der Waals surface area (Å²) in [6.45, 7) is 0. The average molecular weight is 623 g/mol. The molecule has 44 heavy (non-hydrogen) atoms. The maximum absolute atomic E-state index is 10.5. The summed E-state index contributed by atoms with van der Waals surface area (Å²) in [7, 11) is 0. The summed E-state index contributed by atoms with van der Waals surface area (Å²) >= 11 is 0. The van der Waals surface area contributed by atoms with Gasteiger partial charge in [0.2, 0.25) is 0 Å². The minimum absolute atomic E-state index is 0.0186. The van der Waals surface area contributed by atoms with E-state index in [0.717, 1.165) is 6.07 Å². The van der Waals surface area contributed by atoms with Crippen LogP contribution in [0.1, 0.15) is 80.0 Å². The van der Waals surface area contributed by atoms with Gasteiger partial charge in [0.15, 0.2) is 0 Å². The zero-order valence-corrected chi connectivity index (χ0v) is 22.9. The second kappa shape index (κ2) is 19.3. The number of hydrogen-bond acceptors (Lipinski definition) is 8. The van der Waals surface area contributed by atoms with Crippen molar-refractivity contribution in [1.82, 2.24) is 0 Å². The fourth-order valence-electron chi connectivity index (χ4n) is 3.34. The summed E-state index contributed by atoms with van der Waals surface area (Å²) in [6.07, 6.45) is 1.43. The quantitative estimate of drug-likeness (QED) is 0.199. The van der Waals surface area contributed by atoms with E-state index in [2.05, 4.69) is 0 Å². The largest absolute Gasteiger partial charge is 0.481 e. The number of benzene rings is 2. The Bertz CT molecular complexity index is 1240. The number of rotatable bonds is 9. The van der Waals surface area contributed by atoms with Gasteiger partial charge in [-0.3, -0.25) is 19.2 Å². The van der Waals surface area contributed by atoms with Crippen LogP contribution in [0.25, 0.3) is 0 Å². The summed E-state index contributed by atoms with van der Waals surface area (Å²) in [5.74, 6) is -8.76. The van der Waals surface area contributed by atoms with Crippen LogP contribution in [0, 0.1) is 11.8 Å². The summed E-state index contributed by atoms with van der Waals surface area (Å²) in [4.78, 5) is 81.7. The molecular formula is C28H30O16. The molecule has 0 amide bonds. The van der Waals surface area contributed by atoms with Crippen molar-refractivity contribution in [2.24, 2.45) is 11.8 Å². The van der Waals surface area contributed by atoms with Gasteiger partial charge in [0, 0.05) is 0 Å². The number of hydrogen-bond donors (Lipinski definition) is 8. The number of aliphatic carboxylic acids is 4. The Morgan fingerprint density at radius 2 is 0.727 bits per heavy atom. The van der Waals surface area contributed by atoms with Gasteiger partial charge in [0.1, 0.15) is 0 Å². The summed E-state index contributed by atoms with van der Waals surface area (Å²) in [6, 6.07) is 10.2. The topological polar surface area (TPSA) is 298 Å². The summed E-state index contributed by atoms with van der Waals surface area (Å²) in [5, 5.41) is 67.0. The maximum Gasteiger partial charge on any atom is 0.335 e. The third kappa shape index (κ3) is 15.8. The van der Waals surface area contributed by atoms with Crippen LogP contribution in [-0.2, 0) is 19.2 Å². The number of carboxylic acids is 8. The van der Waals surface area contributed by atoms with Crippen LogP contribution >= 0.6 is 0 Å². The molecule has 0 heterocycles. The molecule has 0 spiro atoms. The van der Waals surface area contributed by atoms with Crippen molar-refractivity contribution < 1.29 is 79.2 Å². The highest BCUT2D eigenvalue weighted by atomic mass is 16.4. The van der Waals surface area contributed by atoms with Gasteiger partial charge in [-0.25, -0.2) is 19.2 Å². The van der Waals surface area contributed by atoms with E-state index in [0.29, 0.717) is 25.7 Å². The molecule has 0 saturated heterocycles. The molecule has 0 radical (unpaired) electrons. The monoisotopic (exact) mass is 622 g/mol. The fraction of sp³-hybridized carbons (Fsp3) is 0.286. The Morgan fingerprint density at radius 1 is 0.455 bits per heavy atom. The minimum atomic E-state index is -1.13. The highest BCUT2D eigenvalue weighted by Gasteiger charge is 2.29. The van der Waals surface area contributed by atoms with Crippen LogP contribution in [0.4, 0.5) is 0 Å². The molecule has 1 aliphatic rings. The molecule has 16 nitrogen and oxygen atoms in total. The molecule has 1 fully saturated rings. The van der Waals surface area contributed by atoms with Crippen molar-refractivity contribution in [2.45, 2.75) is 38.5 Å². The summed E-state index contributed by atoms with van der Waals surface area (Å²) in [5.41, 5.74) is 0.129. The SMILES string of the molecule is O=C(O)C1CCC(C(=O)O)CC1.O=C(O)CCC(=O)O.O=C(O)c1ccc(C(=O)O)cc1.O=C(O)c1cccc(C(=O)O)c1. The molecule has 3 rings (SSSR count). The molecule has 0 aliphatic heterocycles. The van der Waals surface area contributed by atoms with Gasteiger partial charge in [0.05, 0.1) is 46.9 Å². The van der Waals surface area contributed by atoms with E-state index in [9.17, 15) is 38.4 Å². The van der Waals surface area contributed by atoms with Gasteiger partial charge in [-0.2, -0.15) is 0 Å². The first-order valence-corrected chi connectivity index (χ1v) is 12.5. The van der Waals surface area contributed by atoms with E-state index < -0.39 is 47.8 Å². The first kappa shape index (κ1) is 38.2. The fourth-order valence-corrected chi connectivity index (χ4v) is 3.34. The van der Waals surface area contributed by atoms with E-state index in [1.165, 1.54) is 42.5 Å². The maximum atomic E-state index is 10.5. The lowest BCUT2D eigenvalue weighted by Gasteiger charge is -2.22. The van der Waals surface area contributed by atoms with Crippen molar-refractivity contribution in [3.63, 3.8) is 0 Å². The van der Waals surface area contributed by atoms with E-state index in [4.69, 9.17) is 40.9 Å². The lowest BCUT2D eigenvalue weighted by atomic mass is 9.82. The van der Waals surface area contributed by atoms with E-state index in [1.807, 2.05) is 0 Å². The van der Waals surface area contributed by atoms with Crippen molar-refractivity contribution in [3.8, 4) is 0 Å². The normalized spacial score (nSPS) is 14.7. The molecule has 2 aromatic rings. The number of aromatic carboxylic acids is 4. The van der Waals surface area contributed by atoms with Crippen LogP contribution in [0.15, 0.2) is 48.5 Å². The van der Waals surface area contributed by atoms with Crippen LogP contribution in [0.5, 0.6) is 0 Å². The number of carboxylic acid groups (broad SMARTS) is 8. The molecule has 2 aromatic carbocycles. The smallest absolute Gasteiger partial charge is 0.335 e. The van der Waals surface area contributed by atoms with Crippen LogP contribution in [0.2, 0.25) is 0 Å². The zero-order chi connectivity index (χ0) is 34.0. The van der Waals surface area contributed by atoms with Gasteiger partial charge >= 0.3 is 47.8 Å². The Kier molecular flexibility index (Phi) is 16.8. The van der Waals surface area contributed by atoms with E-state index in [-0.39, 0.29) is 46.9 Å². The molecule has 238 valence electrons. The van der Waals surface area contributed by atoms with E-state index in [1.54, 1.807) is 0 Å². The molecule has 8 N–H and O–H groups in total. The highest BCUT2D eigenvalue weighted by Crippen LogP contribution is 2.28. The second-order valence-corrected chi connectivity index (χ2v) is 8.89. The molecule has 0 atom stereocenters. The Balaban J connectivity index is 0.000000567. The predicted octanol–water partition coefficient (Wildman–Crippen LogP) is 3.06. The summed E-state index contributed by atoms with van der Waals surface area (Å²) < 4.78 is 0. The van der Waals surface area contributed by atoms with Gasteiger partial charge < -0.3 is 40.9 Å². The standard InChI is InChI=1S/C8H12O4.2C8H6O4.C4H6O4/c2*9-7(10)5-1-2-6(4-3-5)8(11)12;9-7(10)5-2-1-3-6(4-5)8(11)12;5-3(6)1-2-4(7)8/h5-6H,1-4H2,(H,9,10)(H,11,12);2*1-4H,(H,9,10)(H,11,12);1-2H2,(H,5,6)(H,7,8). The highest BCUT2D eigenvalue weighted by molar-refractivity contribution is 5.93. The second-order valence-electron chi connectivity index (χ2n) is 8.89. The zero-order valence-electron chi connectivity index (χ0n) is 22.9.